The third kappa shape index (κ3) is 3.23. The fourth-order valence-electron chi connectivity index (χ4n) is 3.42. The van der Waals surface area contributed by atoms with Crippen molar-refractivity contribution in [2.45, 2.75) is 25.2 Å². The summed E-state index contributed by atoms with van der Waals surface area (Å²) in [6, 6.07) is 8.84. The minimum Gasteiger partial charge on any atom is -0.364 e. The van der Waals surface area contributed by atoms with Crippen molar-refractivity contribution >= 4 is 22.6 Å². The number of aromatic nitrogens is 4. The molecule has 4 rings (SSSR count). The van der Waals surface area contributed by atoms with Crippen molar-refractivity contribution in [2.24, 2.45) is 5.73 Å². The second-order valence-corrected chi connectivity index (χ2v) is 6.52. The van der Waals surface area contributed by atoms with Crippen LogP contribution < -0.4 is 5.73 Å². The van der Waals surface area contributed by atoms with E-state index >= 15 is 0 Å². The Bertz CT molecular complexity index is 1010. The zero-order valence-electron chi connectivity index (χ0n) is 14.3. The third-order valence-electron chi connectivity index (χ3n) is 4.69. The Morgan fingerprint density at radius 3 is 2.85 bits per heavy atom. The van der Waals surface area contributed by atoms with Crippen LogP contribution in [-0.2, 0) is 6.54 Å². The van der Waals surface area contributed by atoms with Crippen molar-refractivity contribution in [3.8, 4) is 0 Å². The molecule has 2 atom stereocenters. The number of primary amides is 1. The number of nitrogens with two attached hydrogens (primary N) is 1. The van der Waals surface area contributed by atoms with Crippen LogP contribution in [0.4, 0.5) is 4.39 Å². The van der Waals surface area contributed by atoms with Crippen LogP contribution in [0.1, 0.15) is 27.4 Å². The highest BCUT2D eigenvalue weighted by Crippen LogP contribution is 2.26. The number of rotatable bonds is 4. The summed E-state index contributed by atoms with van der Waals surface area (Å²) in [5.74, 6) is -1.02. The Morgan fingerprint density at radius 2 is 2.07 bits per heavy atom. The summed E-state index contributed by atoms with van der Waals surface area (Å²) in [6.07, 6.45) is 2.02. The number of pyridine rings is 1. The fraction of sp³-hybridized carbons (Fsp3) is 0.278. The Labute approximate surface area is 153 Å². The monoisotopic (exact) mass is 368 g/mol. The molecule has 138 valence electrons. The molecule has 0 spiro atoms. The summed E-state index contributed by atoms with van der Waals surface area (Å²) < 4.78 is 15.5. The van der Waals surface area contributed by atoms with Gasteiger partial charge in [-0.15, -0.1) is 5.10 Å². The van der Waals surface area contributed by atoms with E-state index in [-0.39, 0.29) is 31.1 Å². The lowest BCUT2D eigenvalue weighted by Crippen LogP contribution is -2.39. The van der Waals surface area contributed by atoms with Crippen molar-refractivity contribution in [2.75, 3.05) is 6.54 Å². The summed E-state index contributed by atoms with van der Waals surface area (Å²) >= 11 is 0. The number of hydrogen-bond acceptors (Lipinski definition) is 5. The predicted molar refractivity (Wildman–Crippen MR) is 94.6 cm³/mol. The third-order valence-corrected chi connectivity index (χ3v) is 4.69. The number of carbonyl (C=O) groups is 2. The number of hydrogen-bond donors (Lipinski definition) is 1. The average Bonchev–Trinajstić information content (AvgIpc) is 3.27. The normalized spacial score (nSPS) is 19.5. The average molecular weight is 368 g/mol. The van der Waals surface area contributed by atoms with E-state index in [1.807, 2.05) is 30.3 Å². The van der Waals surface area contributed by atoms with E-state index < -0.39 is 18.1 Å². The molecular weight excluding hydrogens is 351 g/mol. The van der Waals surface area contributed by atoms with Crippen LogP contribution in [0.5, 0.6) is 0 Å². The molecule has 1 fully saturated rings. The van der Waals surface area contributed by atoms with Gasteiger partial charge in [0.2, 0.25) is 0 Å². The Morgan fingerprint density at radius 1 is 1.26 bits per heavy atom. The largest absolute Gasteiger partial charge is 0.364 e. The van der Waals surface area contributed by atoms with Gasteiger partial charge in [0.1, 0.15) is 11.9 Å². The first-order valence-corrected chi connectivity index (χ1v) is 8.51. The molecule has 2 aromatic heterocycles. The highest BCUT2D eigenvalue weighted by Gasteiger charge is 2.37. The first-order valence-electron chi connectivity index (χ1n) is 8.51. The number of carbonyl (C=O) groups excluding carboxylic acids is 2. The molecule has 1 saturated heterocycles. The first-order chi connectivity index (χ1) is 13.0. The van der Waals surface area contributed by atoms with Gasteiger partial charge in [0, 0.05) is 18.0 Å². The zero-order chi connectivity index (χ0) is 19.0. The zero-order valence-corrected chi connectivity index (χ0v) is 14.3. The molecule has 3 aromatic rings. The SMILES string of the molecule is NC(=O)c1cn(C[C@@H]2C[C@H](F)CN2C(=O)c2nccc3ccccc23)nn1. The molecule has 1 aromatic carbocycles. The molecule has 1 aliphatic rings. The Kier molecular flexibility index (Phi) is 4.27. The molecule has 27 heavy (non-hydrogen) atoms. The van der Waals surface area contributed by atoms with E-state index in [2.05, 4.69) is 15.3 Å². The summed E-state index contributed by atoms with van der Waals surface area (Å²) in [5, 5.41) is 9.13. The van der Waals surface area contributed by atoms with Crippen molar-refractivity contribution in [3.05, 3.63) is 54.1 Å². The fourth-order valence-corrected chi connectivity index (χ4v) is 3.42. The van der Waals surface area contributed by atoms with Gasteiger partial charge in [-0.3, -0.25) is 14.6 Å². The van der Waals surface area contributed by atoms with Crippen molar-refractivity contribution in [1.82, 2.24) is 24.9 Å². The van der Waals surface area contributed by atoms with Gasteiger partial charge in [-0.1, -0.05) is 29.5 Å². The van der Waals surface area contributed by atoms with Gasteiger partial charge in [-0.25, -0.2) is 9.07 Å². The first kappa shape index (κ1) is 17.1. The maximum atomic E-state index is 14.1. The lowest BCUT2D eigenvalue weighted by Gasteiger charge is -2.24. The number of likely N-dealkylation sites (tertiary alicyclic amines) is 1. The Balaban J connectivity index is 1.62. The van der Waals surface area contributed by atoms with Crippen LogP contribution in [0.15, 0.2) is 42.7 Å². The Hall–Kier alpha value is -3.36. The smallest absolute Gasteiger partial charge is 0.273 e. The van der Waals surface area contributed by atoms with Crippen LogP contribution in [-0.4, -0.2) is 55.5 Å². The minimum absolute atomic E-state index is 0.00816. The topological polar surface area (TPSA) is 107 Å². The van der Waals surface area contributed by atoms with Crippen LogP contribution in [0.2, 0.25) is 0 Å². The molecule has 0 bridgehead atoms. The summed E-state index contributed by atoms with van der Waals surface area (Å²) in [7, 11) is 0. The van der Waals surface area contributed by atoms with Gasteiger partial charge in [-0.05, 0) is 11.5 Å². The molecular formula is C18H17FN6O2. The van der Waals surface area contributed by atoms with Gasteiger partial charge < -0.3 is 10.6 Å². The van der Waals surface area contributed by atoms with Gasteiger partial charge in [-0.2, -0.15) is 0 Å². The molecule has 2 amide bonds. The minimum atomic E-state index is -1.13. The van der Waals surface area contributed by atoms with Crippen molar-refractivity contribution in [3.63, 3.8) is 0 Å². The number of benzene rings is 1. The lowest BCUT2D eigenvalue weighted by atomic mass is 10.1. The number of fused-ring (bicyclic) bond motifs is 1. The molecule has 8 nitrogen and oxygen atoms in total. The molecule has 0 radical (unpaired) electrons. The van der Waals surface area contributed by atoms with Crippen LogP contribution in [0, 0.1) is 0 Å². The lowest BCUT2D eigenvalue weighted by molar-refractivity contribution is 0.0710. The second-order valence-electron chi connectivity index (χ2n) is 6.52. The standard InChI is InChI=1S/C18H17FN6O2/c19-12-7-13(9-24-10-15(17(20)26)22-23-24)25(8-12)18(27)16-14-4-2-1-3-11(14)5-6-21-16/h1-6,10,12-13H,7-9H2,(H2,20,26)/t12-,13-/m0/s1. The summed E-state index contributed by atoms with van der Waals surface area (Å²) in [6.45, 7) is 0.211. The second kappa shape index (κ2) is 6.75. The molecule has 3 heterocycles. The highest BCUT2D eigenvalue weighted by molar-refractivity contribution is 6.05. The van der Waals surface area contributed by atoms with Crippen LogP contribution in [0.25, 0.3) is 10.8 Å². The maximum Gasteiger partial charge on any atom is 0.273 e. The highest BCUT2D eigenvalue weighted by atomic mass is 19.1. The van der Waals surface area contributed by atoms with E-state index in [0.717, 1.165) is 10.8 Å². The van der Waals surface area contributed by atoms with E-state index in [1.54, 1.807) is 6.20 Å². The quantitative estimate of drug-likeness (QED) is 0.744. The number of halogens is 1. The number of nitrogens with zero attached hydrogens (tertiary/aromatic N) is 5. The van der Waals surface area contributed by atoms with E-state index in [4.69, 9.17) is 5.73 Å². The summed E-state index contributed by atoms with van der Waals surface area (Å²) in [4.78, 5) is 30.0. The van der Waals surface area contributed by atoms with E-state index in [1.165, 1.54) is 15.8 Å². The number of alkyl halides is 1. The van der Waals surface area contributed by atoms with Gasteiger partial charge in [0.15, 0.2) is 5.69 Å². The van der Waals surface area contributed by atoms with E-state index in [9.17, 15) is 14.0 Å². The number of amides is 2. The molecule has 0 saturated carbocycles. The molecule has 0 aliphatic carbocycles. The predicted octanol–water partition coefficient (Wildman–Crippen LogP) is 1.18. The molecule has 2 N–H and O–H groups in total. The van der Waals surface area contributed by atoms with E-state index in [0.29, 0.717) is 5.69 Å². The van der Waals surface area contributed by atoms with Crippen LogP contribution >= 0.6 is 0 Å². The molecule has 1 aliphatic heterocycles. The maximum absolute atomic E-state index is 14.1. The van der Waals surface area contributed by atoms with Crippen molar-refractivity contribution in [1.29, 1.82) is 0 Å². The van der Waals surface area contributed by atoms with Crippen molar-refractivity contribution < 1.29 is 14.0 Å². The summed E-state index contributed by atoms with van der Waals surface area (Å²) in [5.41, 5.74) is 5.50. The molecule has 9 heteroatoms. The molecule has 0 unspecified atom stereocenters. The van der Waals surface area contributed by atoms with Gasteiger partial charge in [0.05, 0.1) is 25.3 Å². The van der Waals surface area contributed by atoms with Gasteiger partial charge >= 0.3 is 0 Å². The van der Waals surface area contributed by atoms with Gasteiger partial charge in [0.25, 0.3) is 11.8 Å². The van der Waals surface area contributed by atoms with Crippen LogP contribution in [0.3, 0.4) is 0 Å².